The van der Waals surface area contributed by atoms with Crippen LogP contribution in [0.3, 0.4) is 0 Å². The van der Waals surface area contributed by atoms with Crippen molar-refractivity contribution in [3.8, 4) is 0 Å². The SMILES string of the molecule is C=CC1SC1c1ccccc1. The summed E-state index contributed by atoms with van der Waals surface area (Å²) < 4.78 is 0. The van der Waals surface area contributed by atoms with E-state index in [2.05, 4.69) is 36.9 Å². The first-order chi connectivity index (χ1) is 5.42. The molecule has 1 saturated heterocycles. The number of benzene rings is 1. The smallest absolute Gasteiger partial charge is 0.0457 e. The molecule has 0 aromatic heterocycles. The van der Waals surface area contributed by atoms with E-state index in [1.165, 1.54) is 5.56 Å². The van der Waals surface area contributed by atoms with Crippen LogP contribution in [-0.2, 0) is 0 Å². The highest BCUT2D eigenvalue weighted by atomic mass is 32.2. The van der Waals surface area contributed by atoms with Crippen molar-refractivity contribution in [1.29, 1.82) is 0 Å². The summed E-state index contributed by atoms with van der Waals surface area (Å²) in [5, 5.41) is 1.35. The molecule has 0 amide bonds. The maximum absolute atomic E-state index is 3.78. The molecular formula is C10H10S. The molecule has 1 heteroatoms. The Balaban J connectivity index is 2.14. The maximum atomic E-state index is 3.78. The predicted molar refractivity (Wildman–Crippen MR) is 50.8 cm³/mol. The van der Waals surface area contributed by atoms with Gasteiger partial charge in [0.2, 0.25) is 0 Å². The first-order valence-electron chi connectivity index (χ1n) is 3.75. The average Bonchev–Trinajstić information content (AvgIpc) is 2.85. The van der Waals surface area contributed by atoms with Gasteiger partial charge in [-0.2, -0.15) is 0 Å². The molecule has 0 radical (unpaired) electrons. The fraction of sp³-hybridized carbons (Fsp3) is 0.200. The van der Waals surface area contributed by atoms with Crippen LogP contribution in [0.25, 0.3) is 0 Å². The zero-order chi connectivity index (χ0) is 7.68. The van der Waals surface area contributed by atoms with Crippen molar-refractivity contribution < 1.29 is 0 Å². The third-order valence-corrected chi connectivity index (χ3v) is 3.21. The molecule has 2 rings (SSSR count). The van der Waals surface area contributed by atoms with Gasteiger partial charge in [-0.1, -0.05) is 36.4 Å². The molecule has 1 aromatic rings. The quantitative estimate of drug-likeness (QED) is 0.476. The highest BCUT2D eigenvalue weighted by Gasteiger charge is 2.36. The van der Waals surface area contributed by atoms with E-state index in [1.807, 2.05) is 17.8 Å². The largest absolute Gasteiger partial charge is 0.143 e. The minimum Gasteiger partial charge on any atom is -0.143 e. The summed E-state index contributed by atoms with van der Waals surface area (Å²) in [7, 11) is 0. The van der Waals surface area contributed by atoms with Gasteiger partial charge in [0.25, 0.3) is 0 Å². The van der Waals surface area contributed by atoms with Gasteiger partial charge in [-0.15, -0.1) is 18.3 Å². The van der Waals surface area contributed by atoms with Crippen molar-refractivity contribution in [2.24, 2.45) is 0 Å². The van der Waals surface area contributed by atoms with Gasteiger partial charge in [-0.3, -0.25) is 0 Å². The highest BCUT2D eigenvalue weighted by Crippen LogP contribution is 2.55. The Morgan fingerprint density at radius 1 is 1.27 bits per heavy atom. The van der Waals surface area contributed by atoms with Gasteiger partial charge in [0, 0.05) is 10.5 Å². The monoisotopic (exact) mass is 162 g/mol. The number of hydrogen-bond donors (Lipinski definition) is 0. The van der Waals surface area contributed by atoms with Gasteiger partial charge in [0.15, 0.2) is 0 Å². The molecule has 2 unspecified atom stereocenters. The zero-order valence-corrected chi connectivity index (χ0v) is 7.05. The molecule has 0 spiro atoms. The molecular weight excluding hydrogens is 152 g/mol. The van der Waals surface area contributed by atoms with Crippen molar-refractivity contribution in [2.45, 2.75) is 10.5 Å². The normalized spacial score (nSPS) is 28.0. The molecule has 1 heterocycles. The molecule has 1 aliphatic heterocycles. The summed E-state index contributed by atoms with van der Waals surface area (Å²) >= 11 is 1.97. The number of hydrogen-bond acceptors (Lipinski definition) is 1. The third kappa shape index (κ3) is 1.33. The van der Waals surface area contributed by atoms with Crippen LogP contribution in [0.15, 0.2) is 43.0 Å². The molecule has 11 heavy (non-hydrogen) atoms. The molecule has 0 bridgehead atoms. The lowest BCUT2D eigenvalue weighted by atomic mass is 10.1. The van der Waals surface area contributed by atoms with E-state index < -0.39 is 0 Å². The van der Waals surface area contributed by atoms with E-state index in [-0.39, 0.29) is 0 Å². The molecule has 0 aliphatic carbocycles. The van der Waals surface area contributed by atoms with Crippen molar-refractivity contribution in [1.82, 2.24) is 0 Å². The number of thioether (sulfide) groups is 1. The van der Waals surface area contributed by atoms with E-state index >= 15 is 0 Å². The lowest BCUT2D eigenvalue weighted by molar-refractivity contribution is 1.12. The first-order valence-corrected chi connectivity index (χ1v) is 4.69. The number of rotatable bonds is 2. The Kier molecular flexibility index (Phi) is 1.74. The zero-order valence-electron chi connectivity index (χ0n) is 6.23. The van der Waals surface area contributed by atoms with Crippen LogP contribution in [0.2, 0.25) is 0 Å². The van der Waals surface area contributed by atoms with E-state index in [9.17, 15) is 0 Å². The predicted octanol–water partition coefficient (Wildman–Crippen LogP) is 3.03. The van der Waals surface area contributed by atoms with Crippen molar-refractivity contribution in [3.63, 3.8) is 0 Å². The molecule has 0 N–H and O–H groups in total. The van der Waals surface area contributed by atoms with Gasteiger partial charge in [0.05, 0.1) is 0 Å². The molecule has 2 atom stereocenters. The summed E-state index contributed by atoms with van der Waals surface area (Å²) in [6, 6.07) is 10.6. The Hall–Kier alpha value is -0.690. The second-order valence-corrected chi connectivity index (χ2v) is 3.99. The summed E-state index contributed by atoms with van der Waals surface area (Å²) in [5.41, 5.74) is 1.43. The van der Waals surface area contributed by atoms with E-state index in [0.29, 0.717) is 10.5 Å². The van der Waals surface area contributed by atoms with Crippen LogP contribution in [0.1, 0.15) is 10.8 Å². The van der Waals surface area contributed by atoms with E-state index in [4.69, 9.17) is 0 Å². The standard InChI is InChI=1S/C10H10S/c1-2-9-10(11-9)8-6-4-3-5-7-8/h2-7,9-10H,1H2. The van der Waals surface area contributed by atoms with Crippen LogP contribution < -0.4 is 0 Å². The summed E-state index contributed by atoms with van der Waals surface area (Å²) in [5.74, 6) is 0. The average molecular weight is 162 g/mol. The van der Waals surface area contributed by atoms with Crippen molar-refractivity contribution >= 4 is 11.8 Å². The second kappa shape index (κ2) is 2.74. The minimum absolute atomic E-state index is 0.664. The minimum atomic E-state index is 0.664. The molecule has 56 valence electrons. The molecule has 0 saturated carbocycles. The fourth-order valence-electron chi connectivity index (χ4n) is 1.21. The Labute approximate surface area is 71.3 Å². The van der Waals surface area contributed by atoms with Gasteiger partial charge in [0.1, 0.15) is 0 Å². The summed E-state index contributed by atoms with van der Waals surface area (Å²) in [4.78, 5) is 0. The molecule has 1 fully saturated rings. The van der Waals surface area contributed by atoms with Gasteiger partial charge in [-0.05, 0) is 5.56 Å². The maximum Gasteiger partial charge on any atom is 0.0457 e. The van der Waals surface area contributed by atoms with Crippen LogP contribution in [0.4, 0.5) is 0 Å². The van der Waals surface area contributed by atoms with Crippen molar-refractivity contribution in [3.05, 3.63) is 48.6 Å². The van der Waals surface area contributed by atoms with E-state index in [1.54, 1.807) is 0 Å². The molecule has 1 aliphatic rings. The lowest BCUT2D eigenvalue weighted by Crippen LogP contribution is -1.81. The molecule has 0 nitrogen and oxygen atoms in total. The van der Waals surface area contributed by atoms with Gasteiger partial charge < -0.3 is 0 Å². The fourth-order valence-corrected chi connectivity index (χ4v) is 2.16. The van der Waals surface area contributed by atoms with Gasteiger partial charge >= 0.3 is 0 Å². The van der Waals surface area contributed by atoms with Crippen LogP contribution >= 0.6 is 11.8 Å². The third-order valence-electron chi connectivity index (χ3n) is 1.89. The Morgan fingerprint density at radius 2 is 2.00 bits per heavy atom. The van der Waals surface area contributed by atoms with Crippen LogP contribution in [0.5, 0.6) is 0 Å². The summed E-state index contributed by atoms with van der Waals surface area (Å²) in [6.07, 6.45) is 2.03. The van der Waals surface area contributed by atoms with Crippen LogP contribution in [0, 0.1) is 0 Å². The second-order valence-electron chi connectivity index (χ2n) is 2.67. The Morgan fingerprint density at radius 3 is 2.55 bits per heavy atom. The van der Waals surface area contributed by atoms with E-state index in [0.717, 1.165) is 0 Å². The lowest BCUT2D eigenvalue weighted by Gasteiger charge is -1.93. The Bertz CT molecular complexity index is 253. The highest BCUT2D eigenvalue weighted by molar-refractivity contribution is 8.07. The van der Waals surface area contributed by atoms with Crippen molar-refractivity contribution in [2.75, 3.05) is 0 Å². The topological polar surface area (TPSA) is 0 Å². The van der Waals surface area contributed by atoms with Gasteiger partial charge in [-0.25, -0.2) is 0 Å². The van der Waals surface area contributed by atoms with Crippen LogP contribution in [-0.4, -0.2) is 5.25 Å². The first kappa shape index (κ1) is 6.99. The molecule has 1 aromatic carbocycles. The summed E-state index contributed by atoms with van der Waals surface area (Å²) in [6.45, 7) is 3.78.